The van der Waals surface area contributed by atoms with E-state index < -0.39 is 0 Å². The summed E-state index contributed by atoms with van der Waals surface area (Å²) in [4.78, 5) is 0. The Balaban J connectivity index is 2.18. The number of fused-ring (bicyclic) bond motifs is 2. The number of ether oxygens (including phenoxy) is 1. The van der Waals surface area contributed by atoms with Gasteiger partial charge in [-0.05, 0) is 41.2 Å². The molecule has 2 bridgehead atoms. The normalized spacial score (nSPS) is 40.2. The van der Waals surface area contributed by atoms with E-state index in [2.05, 4.69) is 39.8 Å². The summed E-state index contributed by atoms with van der Waals surface area (Å²) < 4.78 is 6.20. The summed E-state index contributed by atoms with van der Waals surface area (Å²) in [7, 11) is 1.85. The minimum absolute atomic E-state index is 0.113. The summed E-state index contributed by atoms with van der Waals surface area (Å²) in [6.45, 7) is 9.48. The van der Waals surface area contributed by atoms with Gasteiger partial charge >= 0.3 is 0 Å². The second-order valence-electron chi connectivity index (χ2n) is 7.70. The van der Waals surface area contributed by atoms with E-state index in [-0.39, 0.29) is 16.4 Å². The number of hydrogen-bond donors (Lipinski definition) is 0. The van der Waals surface area contributed by atoms with E-state index in [9.17, 15) is 5.26 Å². The van der Waals surface area contributed by atoms with Crippen molar-refractivity contribution in [3.63, 3.8) is 0 Å². The number of rotatable bonds is 2. The van der Waals surface area contributed by atoms with Crippen molar-refractivity contribution in [2.24, 2.45) is 16.7 Å². The molecule has 0 heterocycles. The van der Waals surface area contributed by atoms with Crippen molar-refractivity contribution in [1.82, 2.24) is 0 Å². The van der Waals surface area contributed by atoms with Gasteiger partial charge < -0.3 is 4.74 Å². The van der Waals surface area contributed by atoms with E-state index in [1.807, 2.05) is 25.3 Å². The highest BCUT2D eigenvalue weighted by Gasteiger charge is 2.73. The first-order valence-corrected chi connectivity index (χ1v) is 7.88. The minimum Gasteiger partial charge on any atom is -0.377 e. The molecular weight excluding hydrogens is 258 g/mol. The highest BCUT2D eigenvalue weighted by molar-refractivity contribution is 5.44. The van der Waals surface area contributed by atoms with Gasteiger partial charge in [-0.3, -0.25) is 0 Å². The predicted molar refractivity (Wildman–Crippen MR) is 83.9 cm³/mol. The van der Waals surface area contributed by atoms with Crippen LogP contribution in [0.3, 0.4) is 0 Å². The van der Waals surface area contributed by atoms with Crippen LogP contribution in [0.2, 0.25) is 0 Å². The van der Waals surface area contributed by atoms with Gasteiger partial charge in [0.05, 0.1) is 17.2 Å². The summed E-state index contributed by atoms with van der Waals surface area (Å²) >= 11 is 0. The summed E-state index contributed by atoms with van der Waals surface area (Å²) in [5.41, 5.74) is 2.19. The molecule has 21 heavy (non-hydrogen) atoms. The maximum absolute atomic E-state index is 9.46. The van der Waals surface area contributed by atoms with Crippen molar-refractivity contribution in [3.8, 4) is 6.07 Å². The molecule has 3 rings (SSSR count). The van der Waals surface area contributed by atoms with E-state index in [1.165, 1.54) is 5.56 Å². The third kappa shape index (κ3) is 1.51. The lowest BCUT2D eigenvalue weighted by atomic mass is 9.67. The van der Waals surface area contributed by atoms with Gasteiger partial charge in [-0.1, -0.05) is 45.9 Å². The molecular formula is C19H25NO. The van der Waals surface area contributed by atoms with Gasteiger partial charge in [0.2, 0.25) is 0 Å². The zero-order chi connectivity index (χ0) is 15.5. The number of benzene rings is 1. The number of nitriles is 1. The number of hydrogen-bond acceptors (Lipinski definition) is 2. The maximum atomic E-state index is 9.46. The van der Waals surface area contributed by atoms with E-state index in [4.69, 9.17) is 4.74 Å². The molecule has 2 aliphatic carbocycles. The topological polar surface area (TPSA) is 33.0 Å². The molecule has 2 nitrogen and oxygen atoms in total. The Kier molecular flexibility index (Phi) is 3.01. The van der Waals surface area contributed by atoms with Crippen LogP contribution in [0.1, 0.15) is 57.6 Å². The molecule has 0 amide bonds. The molecule has 112 valence electrons. The summed E-state index contributed by atoms with van der Waals surface area (Å²) in [5.74, 6) is 0.965. The van der Waals surface area contributed by atoms with Crippen LogP contribution in [-0.4, -0.2) is 12.7 Å². The van der Waals surface area contributed by atoms with Gasteiger partial charge in [-0.2, -0.15) is 5.26 Å². The average molecular weight is 283 g/mol. The highest BCUT2D eigenvalue weighted by Crippen LogP contribution is 2.75. The van der Waals surface area contributed by atoms with Crippen LogP contribution in [0.5, 0.6) is 0 Å². The van der Waals surface area contributed by atoms with Crippen LogP contribution in [0.4, 0.5) is 0 Å². The van der Waals surface area contributed by atoms with Crippen LogP contribution in [0, 0.1) is 28.1 Å². The molecule has 0 spiro atoms. The van der Waals surface area contributed by atoms with Gasteiger partial charge in [-0.15, -0.1) is 0 Å². The first-order valence-electron chi connectivity index (χ1n) is 7.88. The highest BCUT2D eigenvalue weighted by atomic mass is 16.5. The average Bonchev–Trinajstić information content (AvgIpc) is 2.74. The standard InChI is InChI=1S/C19H25NO/c1-13-10-19(21-5)16(11-18(13,4)17(19,2)3)15-9-7-6-8-14(15)12-20/h6-9,13,16H,10-11H2,1-5H3. The van der Waals surface area contributed by atoms with Gasteiger partial charge in [0, 0.05) is 13.0 Å². The van der Waals surface area contributed by atoms with E-state index in [1.54, 1.807) is 0 Å². The molecule has 0 N–H and O–H groups in total. The Labute approximate surface area is 128 Å². The Morgan fingerprint density at radius 2 is 1.86 bits per heavy atom. The van der Waals surface area contributed by atoms with Crippen LogP contribution in [0.15, 0.2) is 24.3 Å². The van der Waals surface area contributed by atoms with Crippen molar-refractivity contribution in [3.05, 3.63) is 35.4 Å². The van der Waals surface area contributed by atoms with Crippen molar-refractivity contribution in [2.45, 2.75) is 52.1 Å². The molecule has 2 fully saturated rings. The van der Waals surface area contributed by atoms with Crippen LogP contribution >= 0.6 is 0 Å². The Hall–Kier alpha value is -1.33. The Bertz CT molecular complexity index is 614. The zero-order valence-electron chi connectivity index (χ0n) is 13.7. The Morgan fingerprint density at radius 3 is 2.43 bits per heavy atom. The van der Waals surface area contributed by atoms with Gasteiger partial charge in [0.1, 0.15) is 0 Å². The smallest absolute Gasteiger partial charge is 0.0994 e. The third-order valence-corrected chi connectivity index (χ3v) is 7.19. The van der Waals surface area contributed by atoms with Gasteiger partial charge in [-0.25, -0.2) is 0 Å². The van der Waals surface area contributed by atoms with Crippen molar-refractivity contribution >= 4 is 0 Å². The fraction of sp³-hybridized carbons (Fsp3) is 0.632. The Morgan fingerprint density at radius 1 is 1.19 bits per heavy atom. The molecule has 0 radical (unpaired) electrons. The predicted octanol–water partition coefficient (Wildman–Crippen LogP) is 4.50. The first-order chi connectivity index (χ1) is 9.84. The molecule has 1 aromatic rings. The molecule has 0 aliphatic heterocycles. The molecule has 1 aromatic carbocycles. The molecule has 2 aliphatic rings. The molecule has 2 saturated carbocycles. The lowest BCUT2D eigenvalue weighted by molar-refractivity contribution is -0.0856. The number of methoxy groups -OCH3 is 1. The quantitative estimate of drug-likeness (QED) is 0.800. The maximum Gasteiger partial charge on any atom is 0.0994 e. The molecule has 4 unspecified atom stereocenters. The lowest BCUT2D eigenvalue weighted by Crippen LogP contribution is -2.44. The second kappa shape index (κ2) is 4.34. The van der Waals surface area contributed by atoms with E-state index in [0.29, 0.717) is 11.8 Å². The van der Waals surface area contributed by atoms with Gasteiger partial charge in [0.15, 0.2) is 0 Å². The van der Waals surface area contributed by atoms with E-state index in [0.717, 1.165) is 18.4 Å². The van der Waals surface area contributed by atoms with Crippen molar-refractivity contribution < 1.29 is 4.74 Å². The van der Waals surface area contributed by atoms with Crippen LogP contribution in [0.25, 0.3) is 0 Å². The third-order valence-electron chi connectivity index (χ3n) is 7.19. The molecule has 4 atom stereocenters. The summed E-state index contributed by atoms with van der Waals surface area (Å²) in [6, 6.07) is 10.4. The summed E-state index contributed by atoms with van der Waals surface area (Å²) in [6.07, 6.45) is 2.19. The SMILES string of the molecule is COC12CC(C)C(C)(CC1c1ccccc1C#N)C2(C)C. The monoisotopic (exact) mass is 283 g/mol. The molecule has 2 heteroatoms. The zero-order valence-corrected chi connectivity index (χ0v) is 13.7. The number of nitrogens with zero attached hydrogens (tertiary/aromatic N) is 1. The molecule has 0 saturated heterocycles. The lowest BCUT2D eigenvalue weighted by Gasteiger charge is -2.42. The molecule has 0 aromatic heterocycles. The summed E-state index contributed by atoms with van der Waals surface area (Å²) in [5, 5.41) is 9.46. The van der Waals surface area contributed by atoms with E-state index >= 15 is 0 Å². The first kappa shape index (κ1) is 14.6. The minimum atomic E-state index is -0.159. The second-order valence-corrected chi connectivity index (χ2v) is 7.70. The van der Waals surface area contributed by atoms with Crippen molar-refractivity contribution in [2.75, 3.05) is 7.11 Å². The fourth-order valence-corrected chi connectivity index (χ4v) is 5.40. The largest absolute Gasteiger partial charge is 0.377 e. The van der Waals surface area contributed by atoms with Crippen molar-refractivity contribution in [1.29, 1.82) is 5.26 Å². The van der Waals surface area contributed by atoms with Crippen LogP contribution in [-0.2, 0) is 4.74 Å². The van der Waals surface area contributed by atoms with Crippen LogP contribution < -0.4 is 0 Å². The van der Waals surface area contributed by atoms with Gasteiger partial charge in [0.25, 0.3) is 0 Å². The fourth-order valence-electron chi connectivity index (χ4n) is 5.40.